The van der Waals surface area contributed by atoms with E-state index in [-0.39, 0.29) is 19.1 Å². The molecule has 3 atom stereocenters. The number of allylic oxidation sites excluding steroid dienone is 17. The number of likely N-dealkylation sites (N-methyl/N-ethyl adjacent to an activating group) is 1. The van der Waals surface area contributed by atoms with E-state index in [2.05, 4.69) is 116 Å². The summed E-state index contributed by atoms with van der Waals surface area (Å²) in [5.41, 5.74) is 0. The second-order valence-corrected chi connectivity index (χ2v) is 23.4. The number of hydrogen-bond acceptors (Lipinski definition) is 6. The molecule has 0 aliphatic carbocycles. The summed E-state index contributed by atoms with van der Waals surface area (Å²) in [6.45, 7) is 4.54. The summed E-state index contributed by atoms with van der Waals surface area (Å²) in [6.07, 6.45) is 83.1. The van der Waals surface area contributed by atoms with Gasteiger partial charge in [0.15, 0.2) is 0 Å². The lowest BCUT2D eigenvalue weighted by atomic mass is 10.0. The van der Waals surface area contributed by atoms with Gasteiger partial charge in [0.25, 0.3) is 7.82 Å². The first-order chi connectivity index (χ1) is 37.0. The summed E-state index contributed by atoms with van der Waals surface area (Å²) in [5, 5.41) is 13.9. The third-order valence-electron chi connectivity index (χ3n) is 13.5. The summed E-state index contributed by atoms with van der Waals surface area (Å²) in [6, 6.07) is -0.896. The molecule has 0 saturated heterocycles. The van der Waals surface area contributed by atoms with E-state index < -0.39 is 20.0 Å². The number of aliphatic hydroxyl groups is 1. The SMILES string of the molecule is CC/C=C\C/C=C\C/C=C\C/C=C\C/C=C\C/C=C\C/C=C\C/C=C\CCCCCCCCCCCCC(=O)NC(COP(=O)([O-])OCC[N+](C)(C)C)C(O)/C=C/CCCCCCCCCCCCCCCCCCC. The predicted molar refractivity (Wildman–Crippen MR) is 329 cm³/mol. The number of carbonyl (C=O) groups excluding carboxylic acids is 1. The van der Waals surface area contributed by atoms with Gasteiger partial charge in [-0.2, -0.15) is 0 Å². The van der Waals surface area contributed by atoms with Crippen molar-refractivity contribution in [2.24, 2.45) is 0 Å². The largest absolute Gasteiger partial charge is 0.756 e. The van der Waals surface area contributed by atoms with E-state index in [4.69, 9.17) is 9.05 Å². The Hall–Kier alpha value is -2.84. The Morgan fingerprint density at radius 1 is 0.474 bits per heavy atom. The van der Waals surface area contributed by atoms with Gasteiger partial charge in [-0.05, 0) is 83.5 Å². The zero-order chi connectivity index (χ0) is 55.6. The number of phosphoric acid groups is 1. The highest BCUT2D eigenvalue weighted by Crippen LogP contribution is 2.38. The molecule has 0 rings (SSSR count). The molecule has 0 saturated carbocycles. The normalized spacial score (nSPS) is 14.6. The minimum absolute atomic E-state index is 0.00623. The van der Waals surface area contributed by atoms with Crippen molar-refractivity contribution in [1.29, 1.82) is 0 Å². The van der Waals surface area contributed by atoms with E-state index in [1.807, 2.05) is 27.2 Å². The summed E-state index contributed by atoms with van der Waals surface area (Å²) in [4.78, 5) is 25.6. The summed E-state index contributed by atoms with van der Waals surface area (Å²) in [5.74, 6) is -0.205. The van der Waals surface area contributed by atoms with Crippen LogP contribution in [-0.2, 0) is 18.4 Å². The van der Waals surface area contributed by atoms with Crippen LogP contribution >= 0.6 is 7.82 Å². The summed E-state index contributed by atoms with van der Waals surface area (Å²) >= 11 is 0. The fourth-order valence-electron chi connectivity index (χ4n) is 8.64. The average Bonchev–Trinajstić information content (AvgIpc) is 3.38. The number of quaternary nitrogens is 1. The van der Waals surface area contributed by atoms with Crippen LogP contribution in [0.25, 0.3) is 0 Å². The van der Waals surface area contributed by atoms with Crippen molar-refractivity contribution in [3.8, 4) is 0 Å². The monoisotopic (exact) mass is 1080 g/mol. The van der Waals surface area contributed by atoms with Crippen LogP contribution in [0.1, 0.15) is 258 Å². The molecular weight excluding hydrogens is 960 g/mol. The Balaban J connectivity index is 4.16. The number of phosphoric ester groups is 1. The lowest BCUT2D eigenvalue weighted by Crippen LogP contribution is -2.45. The quantitative estimate of drug-likeness (QED) is 0.0272. The molecule has 0 aliphatic rings. The Labute approximate surface area is 470 Å². The van der Waals surface area contributed by atoms with Gasteiger partial charge in [0.1, 0.15) is 13.2 Å². The molecular formula is C67H119N2O6P. The van der Waals surface area contributed by atoms with Gasteiger partial charge in [-0.1, -0.05) is 277 Å². The van der Waals surface area contributed by atoms with Crippen LogP contribution in [0.3, 0.4) is 0 Å². The summed E-state index contributed by atoms with van der Waals surface area (Å²) < 4.78 is 23.4. The molecule has 0 aromatic heterocycles. The minimum atomic E-state index is -4.61. The second-order valence-electron chi connectivity index (χ2n) is 22.0. The zero-order valence-electron chi connectivity index (χ0n) is 49.9. The van der Waals surface area contributed by atoms with Crippen LogP contribution in [0.5, 0.6) is 0 Å². The van der Waals surface area contributed by atoms with Crippen LogP contribution in [0.15, 0.2) is 109 Å². The fraction of sp³-hybridized carbons (Fsp3) is 0.716. The lowest BCUT2D eigenvalue weighted by molar-refractivity contribution is -0.870. The van der Waals surface area contributed by atoms with Crippen molar-refractivity contribution in [2.45, 2.75) is 270 Å². The number of aliphatic hydroxyl groups excluding tert-OH is 1. The zero-order valence-corrected chi connectivity index (χ0v) is 50.8. The maximum Gasteiger partial charge on any atom is 0.268 e. The van der Waals surface area contributed by atoms with Crippen LogP contribution in [0, 0.1) is 0 Å². The minimum Gasteiger partial charge on any atom is -0.756 e. The van der Waals surface area contributed by atoms with E-state index >= 15 is 0 Å². The topological polar surface area (TPSA) is 108 Å². The number of nitrogens with zero attached hydrogens (tertiary/aromatic N) is 1. The maximum absolute atomic E-state index is 13.0. The van der Waals surface area contributed by atoms with Gasteiger partial charge in [0.2, 0.25) is 5.91 Å². The number of unbranched alkanes of at least 4 members (excludes halogenated alkanes) is 27. The van der Waals surface area contributed by atoms with Crippen LogP contribution in [0.2, 0.25) is 0 Å². The van der Waals surface area contributed by atoms with Crippen molar-refractivity contribution in [2.75, 3.05) is 40.9 Å². The molecule has 76 heavy (non-hydrogen) atoms. The first-order valence-corrected chi connectivity index (χ1v) is 32.7. The predicted octanol–water partition coefficient (Wildman–Crippen LogP) is 18.9. The molecule has 0 aromatic carbocycles. The van der Waals surface area contributed by atoms with Crippen molar-refractivity contribution >= 4 is 13.7 Å². The highest BCUT2D eigenvalue weighted by molar-refractivity contribution is 7.45. The highest BCUT2D eigenvalue weighted by atomic mass is 31.2. The van der Waals surface area contributed by atoms with Gasteiger partial charge < -0.3 is 28.8 Å². The third-order valence-corrected chi connectivity index (χ3v) is 14.5. The first-order valence-electron chi connectivity index (χ1n) is 31.2. The molecule has 0 spiro atoms. The number of hydrogen-bond donors (Lipinski definition) is 2. The Morgan fingerprint density at radius 2 is 0.803 bits per heavy atom. The number of rotatable bonds is 56. The van der Waals surface area contributed by atoms with Gasteiger partial charge in [0.05, 0.1) is 39.9 Å². The van der Waals surface area contributed by atoms with Crippen molar-refractivity contribution in [1.82, 2.24) is 5.32 Å². The number of nitrogens with one attached hydrogen (secondary N) is 1. The molecule has 0 heterocycles. The van der Waals surface area contributed by atoms with E-state index in [1.165, 1.54) is 141 Å². The molecule has 0 aromatic rings. The second kappa shape index (κ2) is 56.9. The number of amides is 1. The van der Waals surface area contributed by atoms with Crippen molar-refractivity contribution < 1.29 is 32.9 Å². The van der Waals surface area contributed by atoms with Gasteiger partial charge in [-0.15, -0.1) is 0 Å². The van der Waals surface area contributed by atoms with E-state index in [9.17, 15) is 19.4 Å². The van der Waals surface area contributed by atoms with Gasteiger partial charge in [0, 0.05) is 6.42 Å². The highest BCUT2D eigenvalue weighted by Gasteiger charge is 2.23. The fourth-order valence-corrected chi connectivity index (χ4v) is 9.36. The molecule has 3 unspecified atom stereocenters. The van der Waals surface area contributed by atoms with Gasteiger partial charge in [-0.3, -0.25) is 9.36 Å². The lowest BCUT2D eigenvalue weighted by Gasteiger charge is -2.29. The maximum atomic E-state index is 13.0. The number of carbonyl (C=O) groups is 1. The Morgan fingerprint density at radius 3 is 1.17 bits per heavy atom. The molecule has 0 bridgehead atoms. The average molecular weight is 1080 g/mol. The summed E-state index contributed by atoms with van der Waals surface area (Å²) in [7, 11) is 1.25. The molecule has 2 N–H and O–H groups in total. The molecule has 0 aliphatic heterocycles. The van der Waals surface area contributed by atoms with E-state index in [0.29, 0.717) is 17.4 Å². The van der Waals surface area contributed by atoms with E-state index in [0.717, 1.165) is 96.3 Å². The smallest absolute Gasteiger partial charge is 0.268 e. The third kappa shape index (κ3) is 58.8. The first kappa shape index (κ1) is 73.2. The van der Waals surface area contributed by atoms with Crippen LogP contribution in [-0.4, -0.2) is 68.5 Å². The van der Waals surface area contributed by atoms with Crippen LogP contribution < -0.4 is 10.2 Å². The van der Waals surface area contributed by atoms with Gasteiger partial charge >= 0.3 is 0 Å². The Bertz CT molecular complexity index is 1600. The Kier molecular flexibility index (Phi) is 54.7. The molecule has 438 valence electrons. The molecule has 1 amide bonds. The van der Waals surface area contributed by atoms with E-state index in [1.54, 1.807) is 6.08 Å². The molecule has 9 heteroatoms. The standard InChI is InChI=1S/C67H119N2O6P/c1-6-8-10-12-14-16-18-20-22-24-26-27-28-29-30-31-32-33-34-35-36-37-38-39-40-41-43-45-47-49-51-53-55-57-59-61-67(71)68-65(64-75-76(72,73)74-63-62-69(3,4)5)66(70)60-58-56-54-52-50-48-46-44-42-25-23-21-19-17-15-13-11-9-7-2/h8,10,14,16,20,22,26-27,29-30,32-33,35-36,38-39,58,60,65-66,70H,6-7,9,11-13,15,17-19,21,23-25,28,31,34,37,40-57,59,61-64H2,1-5H3,(H-,68,71,72,73)/b10-8-,16-14-,22-20-,27-26-,30-29-,33-32-,36-35-,39-38-,60-58+. The molecule has 0 radical (unpaired) electrons. The van der Waals surface area contributed by atoms with Gasteiger partial charge in [-0.25, -0.2) is 0 Å². The molecule has 0 fully saturated rings. The van der Waals surface area contributed by atoms with Crippen molar-refractivity contribution in [3.63, 3.8) is 0 Å². The van der Waals surface area contributed by atoms with Crippen LogP contribution in [0.4, 0.5) is 0 Å². The van der Waals surface area contributed by atoms with Crippen molar-refractivity contribution in [3.05, 3.63) is 109 Å². The molecule has 8 nitrogen and oxygen atoms in total.